The monoisotopic (exact) mass is 298 g/mol. The van der Waals surface area contributed by atoms with Crippen molar-refractivity contribution in [2.75, 3.05) is 0 Å². The number of hydrogen-bond acceptors (Lipinski definition) is 2. The van der Waals surface area contributed by atoms with Crippen molar-refractivity contribution in [3.63, 3.8) is 0 Å². The maximum absolute atomic E-state index is 6.33. The number of rotatable bonds is 3. The van der Waals surface area contributed by atoms with Crippen LogP contribution in [0.4, 0.5) is 0 Å². The number of benzene rings is 1. The minimum Gasteiger partial charge on any atom is -0.232 e. The molecule has 2 saturated carbocycles. The molecule has 3 heteroatoms. The lowest BCUT2D eigenvalue weighted by atomic mass is 9.79. The molecule has 0 unspecified atom stereocenters. The van der Waals surface area contributed by atoms with E-state index in [1.807, 2.05) is 6.92 Å². The molecule has 1 heterocycles. The summed E-state index contributed by atoms with van der Waals surface area (Å²) in [7, 11) is 0. The highest BCUT2D eigenvalue weighted by molar-refractivity contribution is 6.30. The summed E-state index contributed by atoms with van der Waals surface area (Å²) in [4.78, 5) is 9.27. The van der Waals surface area contributed by atoms with Gasteiger partial charge in [-0.1, -0.05) is 36.2 Å². The van der Waals surface area contributed by atoms with Gasteiger partial charge in [-0.3, -0.25) is 0 Å². The molecule has 0 bridgehead atoms. The van der Waals surface area contributed by atoms with Gasteiger partial charge in [0, 0.05) is 17.0 Å². The highest BCUT2D eigenvalue weighted by Crippen LogP contribution is 2.41. The molecule has 0 atom stereocenters. The Kier molecular flexibility index (Phi) is 3.22. The van der Waals surface area contributed by atoms with Gasteiger partial charge in [0.2, 0.25) is 0 Å². The Labute approximate surface area is 130 Å². The average molecular weight is 299 g/mol. The quantitative estimate of drug-likeness (QED) is 0.723. The van der Waals surface area contributed by atoms with Crippen molar-refractivity contribution in [3.05, 3.63) is 46.4 Å². The summed E-state index contributed by atoms with van der Waals surface area (Å²) in [6, 6.07) is 8.83. The van der Waals surface area contributed by atoms with Crippen LogP contribution in [0.2, 0.25) is 5.15 Å². The van der Waals surface area contributed by atoms with Gasteiger partial charge in [-0.2, -0.15) is 0 Å². The van der Waals surface area contributed by atoms with Gasteiger partial charge in [0.25, 0.3) is 0 Å². The Balaban J connectivity index is 1.78. The molecule has 1 aromatic heterocycles. The molecular weight excluding hydrogens is 280 g/mol. The Morgan fingerprint density at radius 2 is 1.86 bits per heavy atom. The molecule has 0 amide bonds. The Morgan fingerprint density at radius 3 is 2.52 bits per heavy atom. The zero-order valence-electron chi connectivity index (χ0n) is 12.3. The van der Waals surface area contributed by atoms with E-state index in [9.17, 15) is 0 Å². The molecule has 0 spiro atoms. The van der Waals surface area contributed by atoms with E-state index < -0.39 is 0 Å². The summed E-state index contributed by atoms with van der Waals surface area (Å²) in [6.07, 6.45) is 6.39. The lowest BCUT2D eigenvalue weighted by Crippen LogP contribution is -2.08. The molecule has 0 N–H and O–H groups in total. The van der Waals surface area contributed by atoms with Gasteiger partial charge in [-0.05, 0) is 50.2 Å². The first-order valence-electron chi connectivity index (χ1n) is 7.87. The SMILES string of the molecule is Cc1c(Cl)nc(C2CC2)nc1-c1cccc(C2CCC2)c1. The molecule has 4 rings (SSSR count). The summed E-state index contributed by atoms with van der Waals surface area (Å²) in [5.41, 5.74) is 4.63. The molecule has 2 aromatic rings. The lowest BCUT2D eigenvalue weighted by Gasteiger charge is -2.26. The largest absolute Gasteiger partial charge is 0.232 e. The van der Waals surface area contributed by atoms with Gasteiger partial charge >= 0.3 is 0 Å². The molecule has 21 heavy (non-hydrogen) atoms. The van der Waals surface area contributed by atoms with E-state index in [0.717, 1.165) is 23.0 Å². The number of halogens is 1. The summed E-state index contributed by atoms with van der Waals surface area (Å²) < 4.78 is 0. The van der Waals surface area contributed by atoms with Crippen molar-refractivity contribution in [2.24, 2.45) is 0 Å². The van der Waals surface area contributed by atoms with Crippen LogP contribution in [-0.4, -0.2) is 9.97 Å². The zero-order valence-corrected chi connectivity index (χ0v) is 13.0. The third kappa shape index (κ3) is 2.46. The fourth-order valence-electron chi connectivity index (χ4n) is 2.99. The molecule has 0 saturated heterocycles. The van der Waals surface area contributed by atoms with Crippen LogP contribution in [-0.2, 0) is 0 Å². The van der Waals surface area contributed by atoms with E-state index in [2.05, 4.69) is 29.2 Å². The smallest absolute Gasteiger partial charge is 0.136 e. The van der Waals surface area contributed by atoms with E-state index in [1.54, 1.807) is 0 Å². The maximum Gasteiger partial charge on any atom is 0.136 e. The molecule has 1 aromatic carbocycles. The molecule has 2 aliphatic rings. The lowest BCUT2D eigenvalue weighted by molar-refractivity contribution is 0.420. The molecule has 0 radical (unpaired) electrons. The molecule has 0 aliphatic heterocycles. The van der Waals surface area contributed by atoms with Gasteiger partial charge in [0.1, 0.15) is 11.0 Å². The molecule has 2 fully saturated rings. The van der Waals surface area contributed by atoms with Gasteiger partial charge in [0.05, 0.1) is 5.69 Å². The van der Waals surface area contributed by atoms with Gasteiger partial charge in [-0.25, -0.2) is 9.97 Å². The van der Waals surface area contributed by atoms with Crippen LogP contribution in [0, 0.1) is 6.92 Å². The van der Waals surface area contributed by atoms with Crippen molar-refractivity contribution >= 4 is 11.6 Å². The van der Waals surface area contributed by atoms with E-state index >= 15 is 0 Å². The van der Waals surface area contributed by atoms with Gasteiger partial charge < -0.3 is 0 Å². The molecule has 2 nitrogen and oxygen atoms in total. The van der Waals surface area contributed by atoms with E-state index in [-0.39, 0.29) is 0 Å². The van der Waals surface area contributed by atoms with E-state index in [4.69, 9.17) is 16.6 Å². The third-order valence-corrected chi connectivity index (χ3v) is 5.15. The molecular formula is C18H19ClN2. The van der Waals surface area contributed by atoms with Crippen LogP contribution in [0.15, 0.2) is 24.3 Å². The second-order valence-electron chi connectivity index (χ2n) is 6.37. The van der Waals surface area contributed by atoms with Gasteiger partial charge in [-0.15, -0.1) is 0 Å². The molecule has 2 aliphatic carbocycles. The Bertz CT molecular complexity index is 688. The van der Waals surface area contributed by atoms with E-state index in [0.29, 0.717) is 11.1 Å². The summed E-state index contributed by atoms with van der Waals surface area (Å²) >= 11 is 6.33. The van der Waals surface area contributed by atoms with Crippen LogP contribution >= 0.6 is 11.6 Å². The zero-order chi connectivity index (χ0) is 14.4. The fraction of sp³-hybridized carbons (Fsp3) is 0.444. The van der Waals surface area contributed by atoms with Crippen LogP contribution < -0.4 is 0 Å². The van der Waals surface area contributed by atoms with Crippen molar-refractivity contribution in [2.45, 2.75) is 50.9 Å². The predicted octanol–water partition coefficient (Wildman–Crippen LogP) is 5.25. The van der Waals surface area contributed by atoms with E-state index in [1.165, 1.54) is 43.2 Å². The highest BCUT2D eigenvalue weighted by atomic mass is 35.5. The predicted molar refractivity (Wildman–Crippen MR) is 85.8 cm³/mol. The van der Waals surface area contributed by atoms with Crippen LogP contribution in [0.5, 0.6) is 0 Å². The average Bonchev–Trinajstić information content (AvgIpc) is 3.24. The fourth-order valence-corrected chi connectivity index (χ4v) is 3.17. The topological polar surface area (TPSA) is 25.8 Å². The van der Waals surface area contributed by atoms with Crippen LogP contribution in [0.25, 0.3) is 11.3 Å². The minimum absolute atomic E-state index is 0.525. The van der Waals surface area contributed by atoms with Crippen molar-refractivity contribution in [3.8, 4) is 11.3 Å². The third-order valence-electron chi connectivity index (χ3n) is 4.78. The summed E-state index contributed by atoms with van der Waals surface area (Å²) in [5.74, 6) is 2.19. The maximum atomic E-state index is 6.33. The van der Waals surface area contributed by atoms with Crippen molar-refractivity contribution in [1.29, 1.82) is 0 Å². The first-order valence-corrected chi connectivity index (χ1v) is 8.24. The standard InChI is InChI=1S/C18H19ClN2/c1-11-16(20-18(13-8-9-13)21-17(11)19)15-7-3-6-14(10-15)12-4-2-5-12/h3,6-7,10,12-13H,2,4-5,8-9H2,1H3. The van der Waals surface area contributed by atoms with Crippen LogP contribution in [0.3, 0.4) is 0 Å². The first-order chi connectivity index (χ1) is 10.2. The molecule has 108 valence electrons. The summed E-state index contributed by atoms with van der Waals surface area (Å²) in [5, 5.41) is 0.607. The first kappa shape index (κ1) is 13.3. The second kappa shape index (κ2) is 5.10. The van der Waals surface area contributed by atoms with Crippen LogP contribution in [0.1, 0.15) is 60.9 Å². The number of nitrogens with zero attached hydrogens (tertiary/aromatic N) is 2. The summed E-state index contributed by atoms with van der Waals surface area (Å²) in [6.45, 7) is 2.02. The van der Waals surface area contributed by atoms with Crippen molar-refractivity contribution in [1.82, 2.24) is 9.97 Å². The second-order valence-corrected chi connectivity index (χ2v) is 6.73. The van der Waals surface area contributed by atoms with Crippen molar-refractivity contribution < 1.29 is 0 Å². The minimum atomic E-state index is 0.525. The number of hydrogen-bond donors (Lipinski definition) is 0. The Hall–Kier alpha value is -1.41. The normalized spacial score (nSPS) is 18.6. The van der Waals surface area contributed by atoms with Gasteiger partial charge in [0.15, 0.2) is 0 Å². The Morgan fingerprint density at radius 1 is 1.05 bits per heavy atom. The highest BCUT2D eigenvalue weighted by Gasteiger charge is 2.28. The number of aromatic nitrogens is 2.